The first-order valence-electron chi connectivity index (χ1n) is 16.9. The maximum Gasteiger partial charge on any atom is 0.366 e. The van der Waals surface area contributed by atoms with Gasteiger partial charge in [0.05, 0.1) is 24.2 Å². The minimum atomic E-state index is -0.647. The standard InChI is InChI=1S/C35H60NO5/c1-23(2)25(41-27-21-36-19-20-40-27)13-16-34-15-10-12-26-33(7)30(37)29(39-8)28(24(3)11-9-14-31(4,5)38)32(33,6)17-18-35(26,34)22-34/h23-28,36,38H,9-22H2,1-8H3/q+1. The summed E-state index contributed by atoms with van der Waals surface area (Å²) in [5, 5.41) is 13.7. The van der Waals surface area contributed by atoms with Crippen LogP contribution in [-0.2, 0) is 18.7 Å². The van der Waals surface area contributed by atoms with Crippen molar-refractivity contribution in [1.82, 2.24) is 5.32 Å². The number of Topliss-reactive ketones (excluding diaryl/α,β-unsaturated/α-hetero) is 1. The Morgan fingerprint density at radius 1 is 1.17 bits per heavy atom. The van der Waals surface area contributed by atoms with E-state index in [-0.39, 0.29) is 34.6 Å². The van der Waals surface area contributed by atoms with Crippen LogP contribution >= 0.6 is 0 Å². The fourth-order valence-corrected chi connectivity index (χ4v) is 10.8. The minimum absolute atomic E-state index is 0.0833. The van der Waals surface area contributed by atoms with Gasteiger partial charge < -0.3 is 19.9 Å². The molecule has 234 valence electrons. The molecule has 1 spiro atoms. The highest BCUT2D eigenvalue weighted by Crippen LogP contribution is 2.85. The van der Waals surface area contributed by atoms with Gasteiger partial charge >= 0.3 is 5.78 Å². The largest absolute Gasteiger partial charge is 0.390 e. The number of rotatable bonds is 11. The Labute approximate surface area is 249 Å². The summed E-state index contributed by atoms with van der Waals surface area (Å²) in [6.07, 6.45) is 12.4. The van der Waals surface area contributed by atoms with Crippen molar-refractivity contribution in [3.05, 3.63) is 0 Å². The predicted octanol–water partition coefficient (Wildman–Crippen LogP) is 6.25. The second-order valence-electron chi connectivity index (χ2n) is 16.2. The van der Waals surface area contributed by atoms with Gasteiger partial charge in [-0.15, -0.1) is 0 Å². The van der Waals surface area contributed by atoms with Gasteiger partial charge in [-0.05, 0) is 106 Å². The van der Waals surface area contributed by atoms with Crippen molar-refractivity contribution in [1.29, 1.82) is 0 Å². The van der Waals surface area contributed by atoms with Crippen molar-refractivity contribution in [2.45, 2.75) is 137 Å². The minimum Gasteiger partial charge on any atom is -0.390 e. The van der Waals surface area contributed by atoms with E-state index < -0.39 is 5.60 Å². The van der Waals surface area contributed by atoms with E-state index in [9.17, 15) is 9.90 Å². The van der Waals surface area contributed by atoms with E-state index in [1.807, 2.05) is 13.8 Å². The van der Waals surface area contributed by atoms with Crippen LogP contribution in [0.4, 0.5) is 0 Å². The molecule has 2 N–H and O–H groups in total. The van der Waals surface area contributed by atoms with E-state index in [2.05, 4.69) is 39.9 Å². The van der Waals surface area contributed by atoms with Crippen molar-refractivity contribution in [3.63, 3.8) is 0 Å². The van der Waals surface area contributed by atoms with Crippen molar-refractivity contribution >= 4 is 11.6 Å². The average Bonchev–Trinajstić information content (AvgIpc) is 3.55. The monoisotopic (exact) mass is 574 g/mol. The van der Waals surface area contributed by atoms with E-state index in [0.29, 0.717) is 29.0 Å². The number of hydrogen-bond donors (Lipinski definition) is 2. The molecule has 6 nitrogen and oxygen atoms in total. The van der Waals surface area contributed by atoms with E-state index in [0.717, 1.165) is 57.6 Å². The van der Waals surface area contributed by atoms with E-state index in [1.165, 1.54) is 38.5 Å². The summed E-state index contributed by atoms with van der Waals surface area (Å²) in [6.45, 7) is 17.8. The number of ether oxygens (including phenoxy) is 2. The lowest BCUT2D eigenvalue weighted by atomic mass is 9.44. The molecule has 5 fully saturated rings. The first-order chi connectivity index (χ1) is 19.2. The summed E-state index contributed by atoms with van der Waals surface area (Å²) in [5.41, 5.74) is -0.459. The Hall–Kier alpha value is -0.820. The van der Waals surface area contributed by atoms with Gasteiger partial charge in [0.2, 0.25) is 0 Å². The second kappa shape index (κ2) is 11.3. The predicted molar refractivity (Wildman–Crippen MR) is 163 cm³/mol. The van der Waals surface area contributed by atoms with Crippen LogP contribution in [0.1, 0.15) is 119 Å². The number of morpholine rings is 1. The third-order valence-corrected chi connectivity index (χ3v) is 13.1. The molecule has 0 aromatic carbocycles. The maximum atomic E-state index is 14.5. The highest BCUT2D eigenvalue weighted by molar-refractivity contribution is 6.43. The molecule has 5 rings (SSSR count). The Bertz CT molecular complexity index is 997. The number of carbonyl (C=O) groups excluding carboxylic acids is 2. The van der Waals surface area contributed by atoms with Crippen LogP contribution in [0.25, 0.3) is 0 Å². The second-order valence-corrected chi connectivity index (χ2v) is 16.2. The fraction of sp³-hybridized carbons (Fsp3) is 0.943. The smallest absolute Gasteiger partial charge is 0.366 e. The molecule has 41 heavy (non-hydrogen) atoms. The van der Waals surface area contributed by atoms with Crippen LogP contribution < -0.4 is 5.32 Å². The summed E-state index contributed by atoms with van der Waals surface area (Å²) in [7, 11) is 1.73. The Kier molecular flexibility index (Phi) is 8.69. The fourth-order valence-electron chi connectivity index (χ4n) is 10.8. The van der Waals surface area contributed by atoms with Crippen LogP contribution in [0.5, 0.6) is 0 Å². The van der Waals surface area contributed by atoms with Crippen LogP contribution in [0.2, 0.25) is 0 Å². The molecule has 4 saturated carbocycles. The zero-order chi connectivity index (χ0) is 29.8. The van der Waals surface area contributed by atoms with Crippen molar-refractivity contribution in [2.75, 3.05) is 26.8 Å². The van der Waals surface area contributed by atoms with Gasteiger partial charge in [0.1, 0.15) is 0 Å². The average molecular weight is 575 g/mol. The van der Waals surface area contributed by atoms with E-state index in [4.69, 9.17) is 13.9 Å². The van der Waals surface area contributed by atoms with Gasteiger partial charge in [-0.2, -0.15) is 0 Å². The zero-order valence-corrected chi connectivity index (χ0v) is 27.4. The SMILES string of the molecule is C[O+]=C1C(=O)C2(C)C3CCCC4(CCC(OC5CNCCO5)C(C)C)CC34CCC2(C)C1C(C)CCCC(C)(C)O. The molecular weight excluding hydrogens is 514 g/mol. The molecule has 9 atom stereocenters. The lowest BCUT2D eigenvalue weighted by molar-refractivity contribution is -0.422. The third-order valence-electron chi connectivity index (χ3n) is 13.1. The summed E-state index contributed by atoms with van der Waals surface area (Å²) < 4.78 is 18.4. The number of carbonyl (C=O) groups is 1. The van der Waals surface area contributed by atoms with Gasteiger partial charge in [0.25, 0.3) is 12.9 Å². The topological polar surface area (TPSA) is 79.1 Å². The molecule has 9 unspecified atom stereocenters. The lowest BCUT2D eigenvalue weighted by Gasteiger charge is -2.57. The lowest BCUT2D eigenvalue weighted by Crippen LogP contribution is -2.55. The first-order valence-corrected chi connectivity index (χ1v) is 16.9. The number of ketones is 2. The molecule has 0 radical (unpaired) electrons. The molecule has 1 heterocycles. The number of aliphatic hydroxyl groups is 1. The molecule has 1 aliphatic heterocycles. The van der Waals surface area contributed by atoms with Crippen molar-refractivity contribution in [2.24, 2.45) is 45.3 Å². The summed E-state index contributed by atoms with van der Waals surface area (Å²) in [4.78, 5) is 14.5. The van der Waals surface area contributed by atoms with Crippen LogP contribution in [0.3, 0.4) is 0 Å². The quantitative estimate of drug-likeness (QED) is 0.225. The van der Waals surface area contributed by atoms with Crippen molar-refractivity contribution in [3.8, 4) is 0 Å². The first kappa shape index (κ1) is 31.6. The maximum absolute atomic E-state index is 14.5. The molecule has 0 aromatic heterocycles. The zero-order valence-electron chi connectivity index (χ0n) is 27.4. The van der Waals surface area contributed by atoms with Crippen LogP contribution in [-0.4, -0.2) is 61.5 Å². The molecule has 0 aromatic rings. The molecule has 1 saturated heterocycles. The molecule has 0 bridgehead atoms. The van der Waals surface area contributed by atoms with Gasteiger partial charge in [-0.25, -0.2) is 0 Å². The van der Waals surface area contributed by atoms with E-state index >= 15 is 0 Å². The van der Waals surface area contributed by atoms with Crippen molar-refractivity contribution < 1.29 is 23.8 Å². The Morgan fingerprint density at radius 3 is 2.56 bits per heavy atom. The number of hydrogen-bond acceptors (Lipinski definition) is 5. The molecule has 0 amide bonds. The Morgan fingerprint density at radius 2 is 1.93 bits per heavy atom. The summed E-state index contributed by atoms with van der Waals surface area (Å²) >= 11 is 0. The van der Waals surface area contributed by atoms with Gasteiger partial charge in [0, 0.05) is 18.5 Å². The number of fused-ring (bicyclic) bond motifs is 2. The Balaban J connectivity index is 1.34. The van der Waals surface area contributed by atoms with Crippen LogP contribution in [0, 0.1) is 45.3 Å². The van der Waals surface area contributed by atoms with Gasteiger partial charge in [-0.3, -0.25) is 9.22 Å². The van der Waals surface area contributed by atoms with Crippen LogP contribution in [0.15, 0.2) is 0 Å². The highest BCUT2D eigenvalue weighted by atomic mass is 16.7. The molecule has 4 aliphatic carbocycles. The normalized spacial score (nSPS) is 43.0. The summed E-state index contributed by atoms with van der Waals surface area (Å²) in [6, 6.07) is 0. The third kappa shape index (κ3) is 5.19. The highest BCUT2D eigenvalue weighted by Gasteiger charge is 2.82. The van der Waals surface area contributed by atoms with Gasteiger partial charge in [0.15, 0.2) is 6.29 Å². The summed E-state index contributed by atoms with van der Waals surface area (Å²) in [5.74, 6) is 2.44. The number of nitrogens with one attached hydrogen (secondary N) is 1. The van der Waals surface area contributed by atoms with Gasteiger partial charge in [-0.1, -0.05) is 47.5 Å². The van der Waals surface area contributed by atoms with E-state index in [1.54, 1.807) is 7.11 Å². The molecule has 6 heteroatoms. The molecule has 5 aliphatic rings. The molecular formula is C35H60NO5+.